The summed E-state index contributed by atoms with van der Waals surface area (Å²) < 4.78 is 0. The van der Waals surface area contributed by atoms with Crippen molar-refractivity contribution in [1.82, 2.24) is 5.32 Å². The summed E-state index contributed by atoms with van der Waals surface area (Å²) in [6.45, 7) is 10.8. The summed E-state index contributed by atoms with van der Waals surface area (Å²) in [7, 11) is 1.96. The monoisotopic (exact) mass is 268 g/mol. The van der Waals surface area contributed by atoms with Crippen molar-refractivity contribution >= 4 is 17.3 Å². The van der Waals surface area contributed by atoms with Crippen LogP contribution in [0.5, 0.6) is 0 Å². The molecule has 0 spiro atoms. The first-order valence-corrected chi connectivity index (χ1v) is 7.09. The van der Waals surface area contributed by atoms with Gasteiger partial charge in [0.1, 0.15) is 0 Å². The molecule has 0 aliphatic rings. The van der Waals surface area contributed by atoms with Gasteiger partial charge in [-0.2, -0.15) is 0 Å². The number of halogens is 1. The van der Waals surface area contributed by atoms with Crippen LogP contribution in [0.15, 0.2) is 18.2 Å². The molecule has 0 amide bonds. The lowest BCUT2D eigenvalue weighted by atomic mass is 10.1. The highest BCUT2D eigenvalue weighted by atomic mass is 35.5. The first-order valence-electron chi connectivity index (χ1n) is 6.71. The fourth-order valence-electron chi connectivity index (χ4n) is 2.05. The summed E-state index contributed by atoms with van der Waals surface area (Å²) in [4.78, 5) is 2.33. The van der Waals surface area contributed by atoms with Crippen LogP contribution in [0.2, 0.25) is 5.02 Å². The highest BCUT2D eigenvalue weighted by Crippen LogP contribution is 2.29. The third kappa shape index (κ3) is 3.89. The molecule has 1 aromatic carbocycles. The minimum absolute atomic E-state index is 0.330. The number of rotatable bonds is 6. The van der Waals surface area contributed by atoms with Gasteiger partial charge in [0.2, 0.25) is 0 Å². The van der Waals surface area contributed by atoms with Crippen LogP contribution in [0.25, 0.3) is 0 Å². The van der Waals surface area contributed by atoms with E-state index >= 15 is 0 Å². The zero-order chi connectivity index (χ0) is 13.7. The van der Waals surface area contributed by atoms with Crippen molar-refractivity contribution in [2.45, 2.75) is 33.7 Å². The predicted octanol–water partition coefficient (Wildman–Crippen LogP) is 4.10. The molecule has 0 saturated carbocycles. The summed E-state index contributed by atoms with van der Waals surface area (Å²) in [6.07, 6.45) is 0. The Labute approximate surface area is 116 Å². The Balaban J connectivity index is 2.96. The summed E-state index contributed by atoms with van der Waals surface area (Å²) in [5, 5.41) is 4.08. The minimum Gasteiger partial charge on any atom is -0.370 e. The Hall–Kier alpha value is -0.730. The Bertz CT molecular complexity index is 377. The van der Waals surface area contributed by atoms with Crippen molar-refractivity contribution in [2.24, 2.45) is 5.92 Å². The Morgan fingerprint density at radius 2 is 1.94 bits per heavy atom. The zero-order valence-electron chi connectivity index (χ0n) is 12.1. The average molecular weight is 269 g/mol. The second kappa shape index (κ2) is 7.01. The second-order valence-electron chi connectivity index (χ2n) is 5.15. The van der Waals surface area contributed by atoms with Gasteiger partial charge in [-0.3, -0.25) is 0 Å². The second-order valence-corrected chi connectivity index (χ2v) is 5.56. The van der Waals surface area contributed by atoms with Gasteiger partial charge in [0.25, 0.3) is 0 Å². The van der Waals surface area contributed by atoms with Gasteiger partial charge < -0.3 is 10.2 Å². The van der Waals surface area contributed by atoms with Gasteiger partial charge in [-0.25, -0.2) is 0 Å². The van der Waals surface area contributed by atoms with Crippen molar-refractivity contribution in [3.05, 3.63) is 28.8 Å². The smallest absolute Gasteiger partial charge is 0.0642 e. The molecule has 0 fully saturated rings. The molecular weight excluding hydrogens is 244 g/mol. The van der Waals surface area contributed by atoms with Crippen molar-refractivity contribution in [3.63, 3.8) is 0 Å². The number of nitrogens with zero attached hydrogens (tertiary/aromatic N) is 1. The van der Waals surface area contributed by atoms with E-state index in [0.717, 1.165) is 23.8 Å². The molecule has 0 bridgehead atoms. The van der Waals surface area contributed by atoms with Crippen LogP contribution in [-0.2, 0) is 0 Å². The van der Waals surface area contributed by atoms with Gasteiger partial charge in [0.15, 0.2) is 0 Å². The summed E-state index contributed by atoms with van der Waals surface area (Å²) in [6, 6.07) is 6.70. The molecule has 0 saturated heterocycles. The van der Waals surface area contributed by atoms with Crippen molar-refractivity contribution in [2.75, 3.05) is 25.0 Å². The van der Waals surface area contributed by atoms with Crippen LogP contribution < -0.4 is 10.2 Å². The molecule has 0 aliphatic carbocycles. The normalized spacial score (nSPS) is 12.8. The minimum atomic E-state index is 0.330. The Kier molecular flexibility index (Phi) is 5.97. The zero-order valence-corrected chi connectivity index (χ0v) is 12.9. The van der Waals surface area contributed by atoms with Crippen LogP contribution in [-0.4, -0.2) is 20.1 Å². The molecule has 1 N–H and O–H groups in total. The van der Waals surface area contributed by atoms with E-state index in [1.54, 1.807) is 0 Å². The molecule has 1 rings (SSSR count). The first-order chi connectivity index (χ1) is 8.49. The topological polar surface area (TPSA) is 15.3 Å². The standard InChI is InChI=1S/C15H25ClN2/c1-6-18(10-11(2)3)15-8-7-13(9-14(15)16)12(4)17-5/h7-9,11-12,17H,6,10H2,1-5H3. The maximum atomic E-state index is 6.42. The van der Waals surface area contributed by atoms with Crippen LogP contribution in [0.1, 0.15) is 39.3 Å². The molecule has 18 heavy (non-hydrogen) atoms. The third-order valence-corrected chi connectivity index (χ3v) is 3.52. The predicted molar refractivity (Wildman–Crippen MR) is 81.7 cm³/mol. The highest BCUT2D eigenvalue weighted by Gasteiger charge is 2.12. The molecule has 1 atom stereocenters. The molecule has 0 aliphatic heterocycles. The van der Waals surface area contributed by atoms with Gasteiger partial charge in [-0.05, 0) is 44.5 Å². The average Bonchev–Trinajstić information content (AvgIpc) is 2.35. The maximum absolute atomic E-state index is 6.42. The number of hydrogen-bond donors (Lipinski definition) is 1. The van der Waals surface area contributed by atoms with E-state index in [0.29, 0.717) is 12.0 Å². The van der Waals surface area contributed by atoms with E-state index in [9.17, 15) is 0 Å². The molecule has 1 unspecified atom stereocenters. The van der Waals surface area contributed by atoms with E-state index in [1.165, 1.54) is 5.56 Å². The number of benzene rings is 1. The van der Waals surface area contributed by atoms with Crippen LogP contribution >= 0.6 is 11.6 Å². The van der Waals surface area contributed by atoms with Gasteiger partial charge in [0.05, 0.1) is 10.7 Å². The van der Waals surface area contributed by atoms with Crippen LogP contribution in [0.3, 0.4) is 0 Å². The lowest BCUT2D eigenvalue weighted by Gasteiger charge is -2.26. The molecule has 0 radical (unpaired) electrons. The van der Waals surface area contributed by atoms with Gasteiger partial charge in [-0.1, -0.05) is 31.5 Å². The molecule has 0 aromatic heterocycles. The quantitative estimate of drug-likeness (QED) is 0.836. The van der Waals surface area contributed by atoms with Crippen LogP contribution in [0, 0.1) is 5.92 Å². The Morgan fingerprint density at radius 1 is 1.28 bits per heavy atom. The number of hydrogen-bond acceptors (Lipinski definition) is 2. The van der Waals surface area contributed by atoms with Crippen molar-refractivity contribution < 1.29 is 0 Å². The van der Waals surface area contributed by atoms with E-state index in [1.807, 2.05) is 7.05 Å². The molecular formula is C15H25ClN2. The fraction of sp³-hybridized carbons (Fsp3) is 0.600. The van der Waals surface area contributed by atoms with Crippen molar-refractivity contribution in [3.8, 4) is 0 Å². The molecule has 1 aromatic rings. The number of nitrogens with one attached hydrogen (secondary N) is 1. The summed E-state index contributed by atoms with van der Waals surface area (Å²) in [5.41, 5.74) is 2.37. The Morgan fingerprint density at radius 3 is 2.39 bits per heavy atom. The van der Waals surface area contributed by atoms with Gasteiger partial charge in [-0.15, -0.1) is 0 Å². The lowest BCUT2D eigenvalue weighted by Crippen LogP contribution is -2.27. The first kappa shape index (κ1) is 15.3. The highest BCUT2D eigenvalue weighted by molar-refractivity contribution is 6.33. The lowest BCUT2D eigenvalue weighted by molar-refractivity contribution is 0.618. The van der Waals surface area contributed by atoms with Gasteiger partial charge >= 0.3 is 0 Å². The molecule has 3 heteroatoms. The van der Waals surface area contributed by atoms with Gasteiger partial charge in [0, 0.05) is 19.1 Å². The van der Waals surface area contributed by atoms with Crippen molar-refractivity contribution in [1.29, 1.82) is 0 Å². The molecule has 0 heterocycles. The SMILES string of the molecule is CCN(CC(C)C)c1ccc(C(C)NC)cc1Cl. The summed E-state index contributed by atoms with van der Waals surface area (Å²) >= 11 is 6.42. The van der Waals surface area contributed by atoms with E-state index in [-0.39, 0.29) is 0 Å². The summed E-state index contributed by atoms with van der Waals surface area (Å²) in [5.74, 6) is 0.636. The number of anilines is 1. The molecule has 102 valence electrons. The maximum Gasteiger partial charge on any atom is 0.0642 e. The van der Waals surface area contributed by atoms with E-state index < -0.39 is 0 Å². The molecule has 2 nitrogen and oxygen atoms in total. The third-order valence-electron chi connectivity index (χ3n) is 3.21. The van der Waals surface area contributed by atoms with E-state index in [2.05, 4.69) is 56.1 Å². The fourth-order valence-corrected chi connectivity index (χ4v) is 2.36. The van der Waals surface area contributed by atoms with E-state index in [4.69, 9.17) is 11.6 Å². The van der Waals surface area contributed by atoms with Crippen LogP contribution in [0.4, 0.5) is 5.69 Å². The largest absolute Gasteiger partial charge is 0.370 e.